The topological polar surface area (TPSA) is 51.6 Å². The Morgan fingerprint density at radius 1 is 1.37 bits per heavy atom. The molecule has 6 heteroatoms. The lowest BCUT2D eigenvalue weighted by molar-refractivity contribution is 0.178. The number of nitrogens with zero attached hydrogens (tertiary/aromatic N) is 1. The van der Waals surface area contributed by atoms with Crippen LogP contribution in [0, 0.1) is 0 Å². The Hall–Kier alpha value is -1.30. The van der Waals surface area contributed by atoms with Gasteiger partial charge < -0.3 is 14.6 Å². The van der Waals surface area contributed by atoms with Crippen LogP contribution in [-0.4, -0.2) is 24.3 Å². The normalized spacial score (nSPS) is 12.2. The molecule has 0 fully saturated rings. The predicted molar refractivity (Wildman–Crippen MR) is 75.3 cm³/mol. The van der Waals surface area contributed by atoms with E-state index in [2.05, 4.69) is 4.98 Å². The number of aliphatic hydroxyl groups excluding tert-OH is 1. The van der Waals surface area contributed by atoms with E-state index >= 15 is 0 Å². The summed E-state index contributed by atoms with van der Waals surface area (Å²) in [6, 6.07) is 3.47. The average Bonchev–Trinajstić information content (AvgIpc) is 2.90. The number of rotatable bonds is 5. The van der Waals surface area contributed by atoms with Crippen molar-refractivity contribution in [2.24, 2.45) is 0 Å². The summed E-state index contributed by atoms with van der Waals surface area (Å²) in [5.41, 5.74) is 0.606. The van der Waals surface area contributed by atoms with E-state index in [9.17, 15) is 5.11 Å². The molecule has 2 aromatic rings. The largest absolute Gasteiger partial charge is 0.493 e. The molecular weight excluding hydrogens is 286 g/mol. The Bertz CT molecular complexity index is 545. The van der Waals surface area contributed by atoms with E-state index in [-0.39, 0.29) is 0 Å². The van der Waals surface area contributed by atoms with E-state index in [1.54, 1.807) is 25.4 Å². The van der Waals surface area contributed by atoms with Crippen molar-refractivity contribution in [2.45, 2.75) is 12.5 Å². The molecule has 1 aromatic heterocycles. The molecule has 0 aliphatic heterocycles. The van der Waals surface area contributed by atoms with Crippen molar-refractivity contribution in [3.63, 3.8) is 0 Å². The van der Waals surface area contributed by atoms with Crippen molar-refractivity contribution in [3.8, 4) is 11.5 Å². The van der Waals surface area contributed by atoms with Gasteiger partial charge in [0.05, 0.1) is 30.4 Å². The van der Waals surface area contributed by atoms with Gasteiger partial charge in [-0.1, -0.05) is 17.7 Å². The van der Waals surface area contributed by atoms with E-state index in [0.717, 1.165) is 5.01 Å². The number of halogens is 1. The molecule has 19 heavy (non-hydrogen) atoms. The van der Waals surface area contributed by atoms with Crippen LogP contribution < -0.4 is 9.47 Å². The molecule has 4 nitrogen and oxygen atoms in total. The highest BCUT2D eigenvalue weighted by Crippen LogP contribution is 2.40. The summed E-state index contributed by atoms with van der Waals surface area (Å²) in [5, 5.41) is 13.3. The molecule has 2 rings (SSSR count). The van der Waals surface area contributed by atoms with E-state index in [0.29, 0.717) is 28.5 Å². The highest BCUT2D eigenvalue weighted by Gasteiger charge is 2.19. The van der Waals surface area contributed by atoms with Crippen LogP contribution in [0.1, 0.15) is 16.7 Å². The molecule has 1 N–H and O–H groups in total. The zero-order valence-electron chi connectivity index (χ0n) is 10.6. The maximum atomic E-state index is 10.2. The number of thiazole rings is 1. The third-order valence-electron chi connectivity index (χ3n) is 2.73. The van der Waals surface area contributed by atoms with Gasteiger partial charge in [0.2, 0.25) is 0 Å². The fourth-order valence-corrected chi connectivity index (χ4v) is 2.80. The standard InChI is InChI=1S/C13H14ClNO3S/c1-17-10-4-3-8(12(14)13(10)18-2)9(16)7-11-15-5-6-19-11/h3-6,9,16H,7H2,1-2H3. The van der Waals surface area contributed by atoms with Gasteiger partial charge in [0.15, 0.2) is 11.5 Å². The third kappa shape index (κ3) is 3.00. The first-order chi connectivity index (χ1) is 9.17. The Morgan fingerprint density at radius 2 is 2.16 bits per heavy atom. The first kappa shape index (κ1) is 14.1. The zero-order chi connectivity index (χ0) is 13.8. The molecule has 0 aliphatic rings. The van der Waals surface area contributed by atoms with Crippen molar-refractivity contribution >= 4 is 22.9 Å². The molecule has 0 radical (unpaired) electrons. The van der Waals surface area contributed by atoms with Crippen LogP contribution in [0.2, 0.25) is 5.02 Å². The fourth-order valence-electron chi connectivity index (χ4n) is 1.79. The minimum absolute atomic E-state index is 0.367. The maximum absolute atomic E-state index is 10.2. The molecule has 1 heterocycles. The quantitative estimate of drug-likeness (QED) is 0.922. The Morgan fingerprint density at radius 3 is 2.74 bits per heavy atom. The van der Waals surface area contributed by atoms with Crippen LogP contribution in [0.25, 0.3) is 0 Å². The second-order valence-corrected chi connectivity index (χ2v) is 5.21. The smallest absolute Gasteiger partial charge is 0.179 e. The first-order valence-corrected chi connectivity index (χ1v) is 6.90. The van der Waals surface area contributed by atoms with Crippen molar-refractivity contribution in [3.05, 3.63) is 39.3 Å². The van der Waals surface area contributed by atoms with Crippen LogP contribution in [0.5, 0.6) is 11.5 Å². The van der Waals surface area contributed by atoms with Gasteiger partial charge in [-0.25, -0.2) is 4.98 Å². The monoisotopic (exact) mass is 299 g/mol. The summed E-state index contributed by atoms with van der Waals surface area (Å²) in [6.45, 7) is 0. The van der Waals surface area contributed by atoms with E-state index in [4.69, 9.17) is 21.1 Å². The van der Waals surface area contributed by atoms with Gasteiger partial charge in [-0.3, -0.25) is 0 Å². The van der Waals surface area contributed by atoms with E-state index in [1.807, 2.05) is 5.38 Å². The first-order valence-electron chi connectivity index (χ1n) is 5.64. The molecule has 1 aromatic carbocycles. The second-order valence-electron chi connectivity index (χ2n) is 3.85. The zero-order valence-corrected chi connectivity index (χ0v) is 12.2. The number of ether oxygens (including phenoxy) is 2. The Kier molecular flexibility index (Phi) is 4.63. The molecule has 0 saturated heterocycles. The predicted octanol–water partition coefficient (Wildman–Crippen LogP) is 3.09. The maximum Gasteiger partial charge on any atom is 0.179 e. The molecule has 102 valence electrons. The summed E-state index contributed by atoms with van der Waals surface area (Å²) in [6.07, 6.45) is 1.41. The van der Waals surface area contributed by atoms with Crippen LogP contribution >= 0.6 is 22.9 Å². The van der Waals surface area contributed by atoms with Crippen molar-refractivity contribution < 1.29 is 14.6 Å². The van der Waals surface area contributed by atoms with E-state index < -0.39 is 6.10 Å². The molecule has 0 amide bonds. The number of aliphatic hydroxyl groups is 1. The molecule has 0 bridgehead atoms. The van der Waals surface area contributed by atoms with E-state index in [1.165, 1.54) is 18.4 Å². The van der Waals surface area contributed by atoms with Gasteiger partial charge in [0.1, 0.15) is 0 Å². The highest BCUT2D eigenvalue weighted by atomic mass is 35.5. The Labute approximate surface area is 120 Å². The van der Waals surface area contributed by atoms with Gasteiger partial charge in [0.25, 0.3) is 0 Å². The van der Waals surface area contributed by atoms with Crippen molar-refractivity contribution in [1.82, 2.24) is 4.98 Å². The highest BCUT2D eigenvalue weighted by molar-refractivity contribution is 7.09. The summed E-state index contributed by atoms with van der Waals surface area (Å²) >= 11 is 7.75. The van der Waals surface area contributed by atoms with Gasteiger partial charge in [0, 0.05) is 23.6 Å². The lowest BCUT2D eigenvalue weighted by atomic mass is 10.1. The summed E-state index contributed by atoms with van der Waals surface area (Å²) in [4.78, 5) is 4.15. The number of hydrogen-bond acceptors (Lipinski definition) is 5. The molecule has 1 unspecified atom stereocenters. The van der Waals surface area contributed by atoms with Gasteiger partial charge in [-0.15, -0.1) is 11.3 Å². The van der Waals surface area contributed by atoms with Crippen molar-refractivity contribution in [1.29, 1.82) is 0 Å². The van der Waals surface area contributed by atoms with Crippen LogP contribution in [0.4, 0.5) is 0 Å². The average molecular weight is 300 g/mol. The fraction of sp³-hybridized carbons (Fsp3) is 0.308. The molecule has 0 spiro atoms. The Balaban J connectivity index is 2.29. The number of aromatic nitrogens is 1. The van der Waals surface area contributed by atoms with Gasteiger partial charge in [-0.2, -0.15) is 0 Å². The van der Waals surface area contributed by atoms with Crippen LogP contribution in [0.3, 0.4) is 0 Å². The summed E-state index contributed by atoms with van der Waals surface area (Å²) in [7, 11) is 3.06. The minimum Gasteiger partial charge on any atom is -0.493 e. The summed E-state index contributed by atoms with van der Waals surface area (Å²) < 4.78 is 10.4. The molecule has 0 aliphatic carbocycles. The number of methoxy groups -OCH3 is 2. The number of benzene rings is 1. The minimum atomic E-state index is -0.724. The molecular formula is C13H14ClNO3S. The lowest BCUT2D eigenvalue weighted by Gasteiger charge is -2.16. The second kappa shape index (κ2) is 6.23. The molecule has 0 saturated carbocycles. The lowest BCUT2D eigenvalue weighted by Crippen LogP contribution is -2.04. The van der Waals surface area contributed by atoms with Gasteiger partial charge in [-0.05, 0) is 6.07 Å². The summed E-state index contributed by atoms with van der Waals surface area (Å²) in [5.74, 6) is 0.970. The SMILES string of the molecule is COc1ccc(C(O)Cc2nccs2)c(Cl)c1OC. The number of hydrogen-bond donors (Lipinski definition) is 1. The van der Waals surface area contributed by atoms with Crippen LogP contribution in [0.15, 0.2) is 23.7 Å². The molecule has 1 atom stereocenters. The van der Waals surface area contributed by atoms with Crippen LogP contribution in [-0.2, 0) is 6.42 Å². The van der Waals surface area contributed by atoms with Crippen molar-refractivity contribution in [2.75, 3.05) is 14.2 Å². The van der Waals surface area contributed by atoms with Gasteiger partial charge >= 0.3 is 0 Å². The third-order valence-corrected chi connectivity index (χ3v) is 3.92.